The van der Waals surface area contributed by atoms with Gasteiger partial charge in [0.15, 0.2) is 0 Å². The Bertz CT molecular complexity index is 571. The largest absolute Gasteiger partial charge is 0.496 e. The summed E-state index contributed by atoms with van der Waals surface area (Å²) in [4.78, 5) is 0. The average molecular weight is 294 g/mol. The van der Waals surface area contributed by atoms with Gasteiger partial charge in [-0.1, -0.05) is 29.8 Å². The highest BCUT2D eigenvalue weighted by Gasteiger charge is 2.10. The average Bonchev–Trinajstić information content (AvgIpc) is 2.46. The maximum absolute atomic E-state index is 12.9. The van der Waals surface area contributed by atoms with Crippen molar-refractivity contribution in [2.45, 2.75) is 19.5 Å². The smallest absolute Gasteiger partial charge is 0.124 e. The Morgan fingerprint density at radius 1 is 1.20 bits per heavy atom. The van der Waals surface area contributed by atoms with Gasteiger partial charge in [-0.2, -0.15) is 0 Å². The summed E-state index contributed by atoms with van der Waals surface area (Å²) in [5, 5.41) is 4.03. The van der Waals surface area contributed by atoms with E-state index in [4.69, 9.17) is 16.3 Å². The van der Waals surface area contributed by atoms with Gasteiger partial charge >= 0.3 is 0 Å². The van der Waals surface area contributed by atoms with E-state index in [0.29, 0.717) is 11.6 Å². The van der Waals surface area contributed by atoms with Crippen molar-refractivity contribution in [3.8, 4) is 5.75 Å². The number of nitrogens with one attached hydrogen (secondary N) is 1. The lowest BCUT2D eigenvalue weighted by Crippen LogP contribution is -2.18. The Hall–Kier alpha value is -1.58. The van der Waals surface area contributed by atoms with Crippen molar-refractivity contribution in [2.24, 2.45) is 0 Å². The standard InChI is InChI=1S/C16H17ClFNO/c1-11(12-6-8-13(18)9-7-12)19-10-14-15(17)4-3-5-16(14)20-2/h3-9,11,19H,10H2,1-2H3/t11-/m0/s1. The molecular weight excluding hydrogens is 277 g/mol. The minimum absolute atomic E-state index is 0.0941. The molecule has 2 rings (SSSR count). The van der Waals surface area contributed by atoms with Gasteiger partial charge in [-0.25, -0.2) is 4.39 Å². The summed E-state index contributed by atoms with van der Waals surface area (Å²) in [5.74, 6) is 0.532. The fourth-order valence-corrected chi connectivity index (χ4v) is 2.26. The Morgan fingerprint density at radius 3 is 2.55 bits per heavy atom. The van der Waals surface area contributed by atoms with Crippen LogP contribution in [0.25, 0.3) is 0 Å². The minimum atomic E-state index is -0.228. The van der Waals surface area contributed by atoms with Gasteiger partial charge in [-0.3, -0.25) is 0 Å². The SMILES string of the molecule is COc1cccc(Cl)c1CN[C@@H](C)c1ccc(F)cc1. The number of rotatable bonds is 5. The van der Waals surface area contributed by atoms with Crippen LogP contribution in [0.3, 0.4) is 0 Å². The number of ether oxygens (including phenoxy) is 1. The van der Waals surface area contributed by atoms with Crippen molar-refractivity contribution in [2.75, 3.05) is 7.11 Å². The highest BCUT2D eigenvalue weighted by molar-refractivity contribution is 6.31. The molecule has 0 saturated carbocycles. The Balaban J connectivity index is 2.07. The topological polar surface area (TPSA) is 21.3 Å². The van der Waals surface area contributed by atoms with Crippen LogP contribution >= 0.6 is 11.6 Å². The van der Waals surface area contributed by atoms with E-state index in [0.717, 1.165) is 16.9 Å². The van der Waals surface area contributed by atoms with Gasteiger partial charge < -0.3 is 10.1 Å². The molecule has 0 fully saturated rings. The fraction of sp³-hybridized carbons (Fsp3) is 0.250. The first-order valence-corrected chi connectivity index (χ1v) is 6.80. The monoisotopic (exact) mass is 293 g/mol. The Labute approximate surface area is 123 Å². The molecule has 20 heavy (non-hydrogen) atoms. The van der Waals surface area contributed by atoms with E-state index in [1.165, 1.54) is 12.1 Å². The van der Waals surface area contributed by atoms with Crippen LogP contribution in [-0.2, 0) is 6.54 Å². The van der Waals surface area contributed by atoms with E-state index in [2.05, 4.69) is 5.32 Å². The van der Waals surface area contributed by atoms with E-state index in [1.54, 1.807) is 19.2 Å². The van der Waals surface area contributed by atoms with Crippen LogP contribution in [0.2, 0.25) is 5.02 Å². The molecular formula is C16H17ClFNO. The van der Waals surface area contributed by atoms with E-state index in [-0.39, 0.29) is 11.9 Å². The summed E-state index contributed by atoms with van der Waals surface area (Å²) < 4.78 is 18.2. The predicted octanol–water partition coefficient (Wildman–Crippen LogP) is 4.34. The van der Waals surface area contributed by atoms with Crippen molar-refractivity contribution in [3.63, 3.8) is 0 Å². The minimum Gasteiger partial charge on any atom is -0.496 e. The third-order valence-electron chi connectivity index (χ3n) is 3.25. The van der Waals surface area contributed by atoms with Crippen molar-refractivity contribution >= 4 is 11.6 Å². The van der Waals surface area contributed by atoms with Gasteiger partial charge in [0.25, 0.3) is 0 Å². The zero-order chi connectivity index (χ0) is 14.5. The molecule has 0 aliphatic rings. The quantitative estimate of drug-likeness (QED) is 0.885. The van der Waals surface area contributed by atoms with Crippen LogP contribution < -0.4 is 10.1 Å². The first kappa shape index (κ1) is 14.8. The molecule has 2 aromatic carbocycles. The lowest BCUT2D eigenvalue weighted by molar-refractivity contribution is 0.406. The molecule has 2 nitrogen and oxygen atoms in total. The van der Waals surface area contributed by atoms with Crippen molar-refractivity contribution in [1.82, 2.24) is 5.32 Å². The van der Waals surface area contributed by atoms with Crippen LogP contribution in [0.5, 0.6) is 5.75 Å². The molecule has 0 aromatic heterocycles. The van der Waals surface area contributed by atoms with Crippen LogP contribution in [0.15, 0.2) is 42.5 Å². The first-order valence-electron chi connectivity index (χ1n) is 6.42. The first-order chi connectivity index (χ1) is 9.61. The summed E-state index contributed by atoms with van der Waals surface area (Å²) in [7, 11) is 1.62. The molecule has 2 aromatic rings. The normalized spacial score (nSPS) is 12.2. The van der Waals surface area contributed by atoms with Gasteiger partial charge in [0.2, 0.25) is 0 Å². The van der Waals surface area contributed by atoms with Crippen molar-refractivity contribution < 1.29 is 9.13 Å². The molecule has 0 aliphatic carbocycles. The van der Waals surface area contributed by atoms with Crippen molar-refractivity contribution in [1.29, 1.82) is 0 Å². The predicted molar refractivity (Wildman–Crippen MR) is 79.7 cm³/mol. The number of hydrogen-bond acceptors (Lipinski definition) is 2. The second-order valence-electron chi connectivity index (χ2n) is 4.57. The molecule has 0 aliphatic heterocycles. The third kappa shape index (κ3) is 3.50. The molecule has 1 N–H and O–H groups in total. The van der Waals surface area contributed by atoms with Crippen molar-refractivity contribution in [3.05, 3.63) is 64.4 Å². The second-order valence-corrected chi connectivity index (χ2v) is 4.98. The summed E-state index contributed by atoms with van der Waals surface area (Å²) >= 11 is 6.19. The van der Waals surface area contributed by atoms with Gasteiger partial charge in [0.1, 0.15) is 11.6 Å². The summed E-state index contributed by atoms with van der Waals surface area (Å²) in [5.41, 5.74) is 1.95. The van der Waals surface area contributed by atoms with Gasteiger partial charge in [0.05, 0.1) is 7.11 Å². The lowest BCUT2D eigenvalue weighted by Gasteiger charge is -2.16. The molecule has 0 radical (unpaired) electrons. The van der Waals surface area contributed by atoms with E-state index < -0.39 is 0 Å². The fourth-order valence-electron chi connectivity index (χ4n) is 2.03. The van der Waals surface area contributed by atoms with Gasteiger partial charge in [-0.05, 0) is 36.8 Å². The third-order valence-corrected chi connectivity index (χ3v) is 3.60. The number of hydrogen-bond donors (Lipinski definition) is 1. The van der Waals surface area contributed by atoms with E-state index in [9.17, 15) is 4.39 Å². The van der Waals surface area contributed by atoms with Crippen LogP contribution in [0.1, 0.15) is 24.1 Å². The molecule has 1 atom stereocenters. The number of halogens is 2. The van der Waals surface area contributed by atoms with Gasteiger partial charge in [0, 0.05) is 23.2 Å². The summed E-state index contributed by atoms with van der Waals surface area (Å²) in [6, 6.07) is 12.1. The molecule has 0 bridgehead atoms. The Kier molecular flexibility index (Phi) is 4.99. The number of benzene rings is 2. The highest BCUT2D eigenvalue weighted by Crippen LogP contribution is 2.26. The molecule has 0 spiro atoms. The number of methoxy groups -OCH3 is 1. The zero-order valence-corrected chi connectivity index (χ0v) is 12.2. The molecule has 0 unspecified atom stereocenters. The summed E-state index contributed by atoms with van der Waals surface area (Å²) in [6.07, 6.45) is 0. The Morgan fingerprint density at radius 2 is 1.90 bits per heavy atom. The van der Waals surface area contributed by atoms with E-state index >= 15 is 0 Å². The van der Waals surface area contributed by atoms with Crippen LogP contribution in [-0.4, -0.2) is 7.11 Å². The lowest BCUT2D eigenvalue weighted by atomic mass is 10.1. The molecule has 0 saturated heterocycles. The molecule has 0 heterocycles. The molecule has 0 amide bonds. The highest BCUT2D eigenvalue weighted by atomic mass is 35.5. The maximum Gasteiger partial charge on any atom is 0.124 e. The van der Waals surface area contributed by atoms with Gasteiger partial charge in [-0.15, -0.1) is 0 Å². The molecule has 4 heteroatoms. The maximum atomic E-state index is 12.9. The van der Waals surface area contributed by atoms with E-state index in [1.807, 2.05) is 25.1 Å². The molecule has 106 valence electrons. The summed E-state index contributed by atoms with van der Waals surface area (Å²) in [6.45, 7) is 2.61. The second kappa shape index (κ2) is 6.73. The van der Waals surface area contributed by atoms with Crippen LogP contribution in [0.4, 0.5) is 4.39 Å². The van der Waals surface area contributed by atoms with Crippen LogP contribution in [0, 0.1) is 5.82 Å². The zero-order valence-electron chi connectivity index (χ0n) is 11.5.